The minimum atomic E-state index is -4.68. The van der Waals surface area contributed by atoms with E-state index in [-0.39, 0.29) is 30.8 Å². The molecule has 10 heteroatoms. The van der Waals surface area contributed by atoms with Gasteiger partial charge in [-0.1, -0.05) is 0 Å². The zero-order valence-electron chi connectivity index (χ0n) is 11.1. The molecule has 3 amide bonds. The van der Waals surface area contributed by atoms with Gasteiger partial charge in [0.15, 0.2) is 0 Å². The summed E-state index contributed by atoms with van der Waals surface area (Å²) in [5, 5.41) is 8.60. The largest absolute Gasteiger partial charge is 0.480 e. The van der Waals surface area contributed by atoms with Crippen molar-refractivity contribution in [3.8, 4) is 0 Å². The van der Waals surface area contributed by atoms with Crippen LogP contribution in [0.5, 0.6) is 0 Å². The summed E-state index contributed by atoms with van der Waals surface area (Å²) in [6.07, 6.45) is -4.17. The molecular formula is C11H16F3N3O4. The molecule has 0 aromatic carbocycles. The minimum Gasteiger partial charge on any atom is -0.480 e. The number of aliphatic carboxylic acids is 1. The number of nitrogens with two attached hydrogens (primary N) is 1. The molecule has 0 atom stereocenters. The lowest BCUT2D eigenvalue weighted by molar-refractivity contribution is -0.149. The van der Waals surface area contributed by atoms with E-state index in [2.05, 4.69) is 0 Å². The van der Waals surface area contributed by atoms with Crippen LogP contribution in [0.2, 0.25) is 0 Å². The van der Waals surface area contributed by atoms with Crippen molar-refractivity contribution in [1.29, 1.82) is 0 Å². The fourth-order valence-corrected chi connectivity index (χ4v) is 2.13. The Kier molecular flexibility index (Phi) is 5.39. The number of urea groups is 1. The Labute approximate surface area is 118 Å². The number of hydrogen-bond donors (Lipinski definition) is 2. The van der Waals surface area contributed by atoms with Crippen LogP contribution in [0.3, 0.4) is 0 Å². The Morgan fingerprint density at radius 1 is 1.24 bits per heavy atom. The van der Waals surface area contributed by atoms with Crippen molar-refractivity contribution >= 4 is 17.9 Å². The highest BCUT2D eigenvalue weighted by atomic mass is 19.4. The smallest absolute Gasteiger partial charge is 0.406 e. The Balaban J connectivity index is 2.68. The first kappa shape index (κ1) is 17.1. The number of alkyl halides is 3. The molecule has 120 valence electrons. The van der Waals surface area contributed by atoms with E-state index in [0.717, 1.165) is 4.90 Å². The molecule has 0 saturated carbocycles. The molecule has 0 bridgehead atoms. The van der Waals surface area contributed by atoms with Gasteiger partial charge in [0, 0.05) is 19.0 Å². The molecule has 1 saturated heterocycles. The van der Waals surface area contributed by atoms with Crippen LogP contribution < -0.4 is 5.73 Å². The maximum absolute atomic E-state index is 12.4. The molecule has 3 N–H and O–H groups in total. The first-order valence-corrected chi connectivity index (χ1v) is 6.22. The summed E-state index contributed by atoms with van der Waals surface area (Å²) >= 11 is 0. The molecule has 0 unspecified atom stereocenters. The van der Waals surface area contributed by atoms with Gasteiger partial charge in [0.05, 0.1) is 0 Å². The van der Waals surface area contributed by atoms with E-state index >= 15 is 0 Å². The van der Waals surface area contributed by atoms with Gasteiger partial charge >= 0.3 is 18.2 Å². The summed E-state index contributed by atoms with van der Waals surface area (Å²) in [6, 6.07) is -1.00. The second-order valence-corrected chi connectivity index (χ2v) is 4.81. The van der Waals surface area contributed by atoms with Gasteiger partial charge in [-0.3, -0.25) is 9.59 Å². The van der Waals surface area contributed by atoms with Gasteiger partial charge < -0.3 is 20.6 Å². The Bertz CT molecular complexity index is 419. The molecule has 0 radical (unpaired) electrons. The molecule has 1 aliphatic heterocycles. The fraction of sp³-hybridized carbons (Fsp3) is 0.727. The zero-order chi connectivity index (χ0) is 16.2. The quantitative estimate of drug-likeness (QED) is 0.776. The number of carboxylic acids is 1. The normalized spacial score (nSPS) is 16.6. The lowest BCUT2D eigenvalue weighted by atomic mass is 9.96. The lowest BCUT2D eigenvalue weighted by Crippen LogP contribution is -2.51. The van der Waals surface area contributed by atoms with Crippen molar-refractivity contribution in [2.75, 3.05) is 26.2 Å². The molecule has 0 aromatic rings. The van der Waals surface area contributed by atoms with E-state index in [0.29, 0.717) is 0 Å². The monoisotopic (exact) mass is 311 g/mol. The molecule has 1 rings (SSSR count). The zero-order valence-corrected chi connectivity index (χ0v) is 11.1. The number of carbonyl (C=O) groups excluding carboxylic acids is 2. The van der Waals surface area contributed by atoms with Crippen LogP contribution in [0.1, 0.15) is 12.8 Å². The number of primary amides is 1. The van der Waals surface area contributed by atoms with E-state index in [9.17, 15) is 27.6 Å². The lowest BCUT2D eigenvalue weighted by Gasteiger charge is -2.34. The highest BCUT2D eigenvalue weighted by molar-refractivity contribution is 5.81. The van der Waals surface area contributed by atoms with E-state index < -0.39 is 43.1 Å². The van der Waals surface area contributed by atoms with E-state index in [1.807, 2.05) is 0 Å². The van der Waals surface area contributed by atoms with Crippen molar-refractivity contribution in [2.45, 2.75) is 19.0 Å². The predicted octanol–water partition coefficient (Wildman–Crippen LogP) is 0.253. The third kappa shape index (κ3) is 5.48. The predicted molar refractivity (Wildman–Crippen MR) is 64.2 cm³/mol. The first-order chi connectivity index (χ1) is 9.60. The summed E-state index contributed by atoms with van der Waals surface area (Å²) in [5.41, 5.74) is 5.12. The third-order valence-electron chi connectivity index (χ3n) is 3.13. The summed E-state index contributed by atoms with van der Waals surface area (Å²) in [4.78, 5) is 34.9. The van der Waals surface area contributed by atoms with E-state index in [4.69, 9.17) is 10.8 Å². The number of likely N-dealkylation sites (tertiary alicyclic amines) is 1. The van der Waals surface area contributed by atoms with Crippen molar-refractivity contribution in [1.82, 2.24) is 9.80 Å². The van der Waals surface area contributed by atoms with Gasteiger partial charge in [-0.25, -0.2) is 4.79 Å². The molecule has 0 aromatic heterocycles. The first-order valence-electron chi connectivity index (χ1n) is 6.22. The van der Waals surface area contributed by atoms with Gasteiger partial charge in [-0.15, -0.1) is 0 Å². The van der Waals surface area contributed by atoms with Crippen LogP contribution >= 0.6 is 0 Å². The average Bonchev–Trinajstić information content (AvgIpc) is 2.35. The average molecular weight is 311 g/mol. The van der Waals surface area contributed by atoms with Gasteiger partial charge in [0.2, 0.25) is 5.91 Å². The van der Waals surface area contributed by atoms with Gasteiger partial charge in [-0.05, 0) is 12.8 Å². The third-order valence-corrected chi connectivity index (χ3v) is 3.13. The molecule has 0 spiro atoms. The van der Waals surface area contributed by atoms with Crippen LogP contribution in [-0.4, -0.2) is 65.2 Å². The van der Waals surface area contributed by atoms with Crippen LogP contribution in [-0.2, 0) is 9.59 Å². The molecule has 1 fully saturated rings. The Morgan fingerprint density at radius 3 is 2.14 bits per heavy atom. The molecule has 1 aliphatic rings. The number of carbonyl (C=O) groups is 3. The number of amides is 3. The van der Waals surface area contributed by atoms with Crippen molar-refractivity contribution < 1.29 is 32.7 Å². The number of hydrogen-bond acceptors (Lipinski definition) is 3. The fourth-order valence-electron chi connectivity index (χ4n) is 2.13. The number of rotatable bonds is 4. The number of halogens is 3. The molecule has 21 heavy (non-hydrogen) atoms. The van der Waals surface area contributed by atoms with Crippen molar-refractivity contribution in [3.05, 3.63) is 0 Å². The van der Waals surface area contributed by atoms with E-state index in [1.54, 1.807) is 0 Å². The highest BCUT2D eigenvalue weighted by Gasteiger charge is 2.36. The van der Waals surface area contributed by atoms with Gasteiger partial charge in [0.1, 0.15) is 13.1 Å². The van der Waals surface area contributed by atoms with Crippen LogP contribution in [0.4, 0.5) is 18.0 Å². The standard InChI is InChI=1S/C11H16F3N3O4/c12-11(13,14)6-17(5-8(18)19)10(21)16-3-1-7(2-4-16)9(15)20/h7H,1-6H2,(H2,15,20)(H,18,19). The maximum Gasteiger partial charge on any atom is 0.406 e. The Morgan fingerprint density at radius 2 is 1.76 bits per heavy atom. The van der Waals surface area contributed by atoms with Crippen LogP contribution in [0, 0.1) is 5.92 Å². The van der Waals surface area contributed by atoms with Crippen molar-refractivity contribution in [3.63, 3.8) is 0 Å². The number of piperidine rings is 1. The van der Waals surface area contributed by atoms with Crippen molar-refractivity contribution in [2.24, 2.45) is 11.7 Å². The summed E-state index contributed by atoms with van der Waals surface area (Å²) in [7, 11) is 0. The second-order valence-electron chi connectivity index (χ2n) is 4.81. The van der Waals surface area contributed by atoms with Crippen LogP contribution in [0.25, 0.3) is 0 Å². The van der Waals surface area contributed by atoms with E-state index in [1.165, 1.54) is 0 Å². The molecule has 7 nitrogen and oxygen atoms in total. The molecule has 0 aliphatic carbocycles. The SMILES string of the molecule is NC(=O)C1CCN(C(=O)N(CC(=O)O)CC(F)(F)F)CC1. The summed E-state index contributed by atoms with van der Waals surface area (Å²) < 4.78 is 37.2. The number of carboxylic acid groups (broad SMARTS) is 1. The topological polar surface area (TPSA) is 104 Å². The Hall–Kier alpha value is -2.00. The van der Waals surface area contributed by atoms with Gasteiger partial charge in [0.25, 0.3) is 0 Å². The molecular weight excluding hydrogens is 295 g/mol. The van der Waals surface area contributed by atoms with Crippen LogP contribution in [0.15, 0.2) is 0 Å². The molecule has 1 heterocycles. The summed E-state index contributed by atoms with van der Waals surface area (Å²) in [6.45, 7) is -2.52. The summed E-state index contributed by atoms with van der Waals surface area (Å²) in [5.74, 6) is -2.45. The maximum atomic E-state index is 12.4. The minimum absolute atomic E-state index is 0.0699. The number of nitrogens with zero attached hydrogens (tertiary/aromatic N) is 2. The van der Waals surface area contributed by atoms with Gasteiger partial charge in [-0.2, -0.15) is 13.2 Å². The second kappa shape index (κ2) is 6.64. The highest BCUT2D eigenvalue weighted by Crippen LogP contribution is 2.21.